The maximum atomic E-state index is 5.99. The highest BCUT2D eigenvalue weighted by atomic mass is 35.5. The molecule has 0 N–H and O–H groups in total. The van der Waals surface area contributed by atoms with E-state index in [9.17, 15) is 0 Å². The highest BCUT2D eigenvalue weighted by Crippen LogP contribution is 2.46. The van der Waals surface area contributed by atoms with Crippen LogP contribution in [0.3, 0.4) is 0 Å². The Morgan fingerprint density at radius 1 is 1.20 bits per heavy atom. The van der Waals surface area contributed by atoms with E-state index in [2.05, 4.69) is 24.7 Å². The van der Waals surface area contributed by atoms with Gasteiger partial charge in [-0.3, -0.25) is 0 Å². The van der Waals surface area contributed by atoms with Crippen LogP contribution in [0.5, 0.6) is 0 Å². The Kier molecular flexibility index (Phi) is 2.96. The second-order valence-electron chi connectivity index (χ2n) is 5.39. The van der Waals surface area contributed by atoms with E-state index in [1.807, 2.05) is 6.92 Å². The van der Waals surface area contributed by atoms with Crippen LogP contribution in [0.4, 0.5) is 0 Å². The van der Waals surface area contributed by atoms with E-state index >= 15 is 0 Å². The van der Waals surface area contributed by atoms with E-state index < -0.39 is 0 Å². The van der Waals surface area contributed by atoms with E-state index in [0.717, 1.165) is 16.0 Å². The first kappa shape index (κ1) is 12.6. The van der Waals surface area contributed by atoms with Crippen molar-refractivity contribution in [1.82, 2.24) is 24.7 Å². The van der Waals surface area contributed by atoms with Crippen molar-refractivity contribution in [1.29, 1.82) is 0 Å². The highest BCUT2D eigenvalue weighted by Gasteiger charge is 2.36. The van der Waals surface area contributed by atoms with Gasteiger partial charge in [-0.25, -0.2) is 9.97 Å². The molecule has 0 saturated heterocycles. The smallest absolute Gasteiger partial charge is 0.197 e. The van der Waals surface area contributed by atoms with Crippen LogP contribution in [0, 0.1) is 6.92 Å². The molecule has 104 valence electrons. The summed E-state index contributed by atoms with van der Waals surface area (Å²) in [6.07, 6.45) is 4.95. The van der Waals surface area contributed by atoms with E-state index in [4.69, 9.17) is 11.6 Å². The predicted octanol–water partition coefficient (Wildman–Crippen LogP) is 3.39. The maximum absolute atomic E-state index is 5.99. The third-order valence-corrected chi connectivity index (χ3v) is 4.60. The monoisotopic (exact) mass is 307 g/mol. The first-order chi connectivity index (χ1) is 9.70. The van der Waals surface area contributed by atoms with E-state index in [1.54, 1.807) is 6.07 Å². The van der Waals surface area contributed by atoms with Crippen molar-refractivity contribution in [3.8, 4) is 0 Å². The Hall–Kier alpha value is -1.14. The van der Waals surface area contributed by atoms with Crippen LogP contribution in [0.1, 0.15) is 49.3 Å². The maximum Gasteiger partial charge on any atom is 0.197 e. The molecule has 0 unspecified atom stereocenters. The molecule has 2 heterocycles. The van der Waals surface area contributed by atoms with Crippen molar-refractivity contribution in [3.63, 3.8) is 0 Å². The van der Waals surface area contributed by atoms with Gasteiger partial charge in [-0.2, -0.15) is 0 Å². The van der Waals surface area contributed by atoms with Gasteiger partial charge in [-0.15, -0.1) is 10.2 Å². The summed E-state index contributed by atoms with van der Waals surface area (Å²) >= 11 is 7.52. The molecule has 0 radical (unpaired) electrons. The van der Waals surface area contributed by atoms with Crippen LogP contribution in [0.25, 0.3) is 0 Å². The number of aryl methyl sites for hydroxylation is 1. The van der Waals surface area contributed by atoms with Gasteiger partial charge in [0.05, 0.1) is 0 Å². The fourth-order valence-corrected chi connectivity index (χ4v) is 3.55. The number of aromatic nitrogens is 5. The molecule has 0 bridgehead atoms. The Labute approximate surface area is 126 Å². The van der Waals surface area contributed by atoms with Crippen molar-refractivity contribution in [2.24, 2.45) is 0 Å². The van der Waals surface area contributed by atoms with Gasteiger partial charge in [-0.1, -0.05) is 11.6 Å². The molecule has 0 amide bonds. The van der Waals surface area contributed by atoms with Crippen LogP contribution in [-0.2, 0) is 0 Å². The molecule has 20 heavy (non-hydrogen) atoms. The minimum atomic E-state index is 0.472. The number of halogens is 1. The SMILES string of the molecule is Cc1nc(Cl)cc(Sc2nnc(C3CC3)n2C2CC2)n1. The number of hydrogen-bond donors (Lipinski definition) is 0. The Morgan fingerprint density at radius 2 is 2.00 bits per heavy atom. The van der Waals surface area contributed by atoms with Crippen molar-refractivity contribution in [2.45, 2.75) is 54.7 Å². The summed E-state index contributed by atoms with van der Waals surface area (Å²) in [5.74, 6) is 2.46. The molecule has 2 aromatic heterocycles. The molecule has 0 aromatic carbocycles. The third-order valence-electron chi connectivity index (χ3n) is 3.52. The summed E-state index contributed by atoms with van der Waals surface area (Å²) in [7, 11) is 0. The third kappa shape index (κ3) is 2.42. The van der Waals surface area contributed by atoms with Crippen LogP contribution in [0.2, 0.25) is 5.15 Å². The van der Waals surface area contributed by atoms with Crippen LogP contribution < -0.4 is 0 Å². The van der Waals surface area contributed by atoms with E-state index in [-0.39, 0.29) is 0 Å². The zero-order valence-corrected chi connectivity index (χ0v) is 12.7. The van der Waals surface area contributed by atoms with Gasteiger partial charge in [0.1, 0.15) is 21.8 Å². The van der Waals surface area contributed by atoms with Gasteiger partial charge in [0.2, 0.25) is 0 Å². The zero-order valence-electron chi connectivity index (χ0n) is 11.1. The van der Waals surface area contributed by atoms with E-state index in [0.29, 0.717) is 22.9 Å². The standard InChI is InChI=1S/C13H14ClN5S/c1-7-15-10(14)6-11(16-7)20-13-18-17-12(8-2-3-8)19(13)9-4-5-9/h6,8-9H,2-5H2,1H3. The molecule has 0 atom stereocenters. The van der Waals surface area contributed by atoms with Gasteiger partial charge in [0.25, 0.3) is 0 Å². The average molecular weight is 308 g/mol. The molecule has 2 aromatic rings. The number of nitrogens with zero attached hydrogens (tertiary/aromatic N) is 5. The second-order valence-corrected chi connectivity index (χ2v) is 6.77. The van der Waals surface area contributed by atoms with Gasteiger partial charge >= 0.3 is 0 Å². The summed E-state index contributed by atoms with van der Waals surface area (Å²) in [4.78, 5) is 8.49. The summed E-state index contributed by atoms with van der Waals surface area (Å²) in [6, 6.07) is 2.36. The van der Waals surface area contributed by atoms with Crippen molar-refractivity contribution >= 4 is 23.4 Å². The predicted molar refractivity (Wildman–Crippen MR) is 76.2 cm³/mol. The molecule has 2 aliphatic carbocycles. The summed E-state index contributed by atoms with van der Waals surface area (Å²) in [6.45, 7) is 1.84. The Bertz CT molecular complexity index is 643. The molecular weight excluding hydrogens is 294 g/mol. The van der Waals surface area contributed by atoms with Crippen LogP contribution in [-0.4, -0.2) is 24.7 Å². The van der Waals surface area contributed by atoms with Crippen LogP contribution >= 0.6 is 23.4 Å². The lowest BCUT2D eigenvalue weighted by molar-refractivity contribution is 0.626. The molecular formula is C13H14ClN5S. The fourth-order valence-electron chi connectivity index (χ4n) is 2.31. The molecule has 0 aliphatic heterocycles. The van der Waals surface area contributed by atoms with Crippen molar-refractivity contribution in [2.75, 3.05) is 0 Å². The molecule has 2 saturated carbocycles. The minimum absolute atomic E-state index is 0.472. The zero-order chi connectivity index (χ0) is 13.7. The molecule has 2 fully saturated rings. The minimum Gasteiger partial charge on any atom is -0.302 e. The van der Waals surface area contributed by atoms with Gasteiger partial charge in [-0.05, 0) is 44.4 Å². The average Bonchev–Trinajstić information content (AvgIpc) is 3.28. The lowest BCUT2D eigenvalue weighted by Crippen LogP contribution is -2.02. The highest BCUT2D eigenvalue weighted by molar-refractivity contribution is 7.99. The number of rotatable bonds is 4. The first-order valence-corrected chi connectivity index (χ1v) is 8.04. The lowest BCUT2D eigenvalue weighted by atomic mass is 10.4. The van der Waals surface area contributed by atoms with Gasteiger partial charge < -0.3 is 4.57 Å². The molecule has 4 rings (SSSR count). The summed E-state index contributed by atoms with van der Waals surface area (Å²) in [5.41, 5.74) is 0. The Balaban J connectivity index is 1.68. The van der Waals surface area contributed by atoms with E-state index in [1.165, 1.54) is 37.4 Å². The summed E-state index contributed by atoms with van der Waals surface area (Å²) < 4.78 is 2.31. The normalized spacial score (nSPS) is 18.5. The molecule has 0 spiro atoms. The van der Waals surface area contributed by atoms with Crippen molar-refractivity contribution < 1.29 is 0 Å². The van der Waals surface area contributed by atoms with Gasteiger partial charge in [0, 0.05) is 18.0 Å². The fraction of sp³-hybridized carbons (Fsp3) is 0.538. The molecule has 5 nitrogen and oxygen atoms in total. The topological polar surface area (TPSA) is 56.5 Å². The van der Waals surface area contributed by atoms with Crippen molar-refractivity contribution in [3.05, 3.63) is 22.9 Å². The lowest BCUT2D eigenvalue weighted by Gasteiger charge is -2.07. The second kappa shape index (κ2) is 4.70. The van der Waals surface area contributed by atoms with Crippen LogP contribution in [0.15, 0.2) is 16.2 Å². The summed E-state index contributed by atoms with van der Waals surface area (Å²) in [5, 5.41) is 11.0. The quantitative estimate of drug-likeness (QED) is 0.810. The Morgan fingerprint density at radius 3 is 2.65 bits per heavy atom. The largest absolute Gasteiger partial charge is 0.302 e. The number of hydrogen-bond acceptors (Lipinski definition) is 5. The van der Waals surface area contributed by atoms with Gasteiger partial charge in [0.15, 0.2) is 5.16 Å². The first-order valence-electron chi connectivity index (χ1n) is 6.84. The molecule has 2 aliphatic rings. The molecule has 7 heteroatoms.